The van der Waals surface area contributed by atoms with Crippen LogP contribution in [-0.2, 0) is 27.2 Å². The monoisotopic (exact) mass is 359 g/mol. The van der Waals surface area contributed by atoms with Crippen molar-refractivity contribution in [2.45, 2.75) is 0 Å². The standard InChI is InChI=1S/C15H12N2O2.Ag/c18-14-10-16-15(19)17(14)13-9-5-4-8-12(13)11-6-2-1-3-7-11;/h1-9H,10H2,(H,16,19);. The number of imide groups is 1. The largest absolute Gasteiger partial charge is 0.329 e. The molecule has 0 saturated carbocycles. The number of hydrogen-bond acceptors (Lipinski definition) is 2. The van der Waals surface area contributed by atoms with Crippen LogP contribution in [-0.4, -0.2) is 18.5 Å². The molecule has 0 unspecified atom stereocenters. The Morgan fingerprint density at radius 1 is 0.900 bits per heavy atom. The fourth-order valence-electron chi connectivity index (χ4n) is 2.20. The summed E-state index contributed by atoms with van der Waals surface area (Å²) in [5.41, 5.74) is 2.47. The predicted molar refractivity (Wildman–Crippen MR) is 72.8 cm³/mol. The molecule has 4 nitrogen and oxygen atoms in total. The molecule has 1 radical (unpaired) electrons. The summed E-state index contributed by atoms with van der Waals surface area (Å²) >= 11 is 0. The predicted octanol–water partition coefficient (Wildman–Crippen LogP) is 2.41. The van der Waals surface area contributed by atoms with Crippen LogP contribution in [0, 0.1) is 0 Å². The number of benzene rings is 2. The normalized spacial score (nSPS) is 13.9. The van der Waals surface area contributed by atoms with Gasteiger partial charge in [-0.3, -0.25) is 4.79 Å². The van der Waals surface area contributed by atoms with E-state index in [1.807, 2.05) is 48.5 Å². The van der Waals surface area contributed by atoms with Crippen LogP contribution in [0.25, 0.3) is 11.1 Å². The molecule has 0 spiro atoms. The number of nitrogens with one attached hydrogen (secondary N) is 1. The molecule has 3 rings (SSSR count). The minimum atomic E-state index is -0.367. The summed E-state index contributed by atoms with van der Waals surface area (Å²) in [6.45, 7) is 0.0575. The first-order chi connectivity index (χ1) is 9.27. The molecule has 0 bridgehead atoms. The van der Waals surface area contributed by atoms with Crippen molar-refractivity contribution in [2.75, 3.05) is 11.4 Å². The molecule has 0 atom stereocenters. The molecule has 0 aromatic heterocycles. The van der Waals surface area contributed by atoms with Crippen LogP contribution in [0.3, 0.4) is 0 Å². The Labute approximate surface area is 132 Å². The smallest absolute Gasteiger partial charge is 0.328 e. The van der Waals surface area contributed by atoms with Crippen LogP contribution in [0.15, 0.2) is 54.6 Å². The fourth-order valence-corrected chi connectivity index (χ4v) is 2.20. The average molecular weight is 360 g/mol. The van der Waals surface area contributed by atoms with Gasteiger partial charge in [-0.25, -0.2) is 9.69 Å². The van der Waals surface area contributed by atoms with Crippen molar-refractivity contribution in [3.8, 4) is 11.1 Å². The number of amides is 3. The van der Waals surface area contributed by atoms with E-state index in [-0.39, 0.29) is 40.9 Å². The number of para-hydroxylation sites is 1. The zero-order chi connectivity index (χ0) is 13.2. The van der Waals surface area contributed by atoms with E-state index in [4.69, 9.17) is 0 Å². The van der Waals surface area contributed by atoms with Crippen LogP contribution in [0.2, 0.25) is 0 Å². The van der Waals surface area contributed by atoms with Gasteiger partial charge in [0.2, 0.25) is 0 Å². The number of rotatable bonds is 2. The Balaban J connectivity index is 0.00000147. The van der Waals surface area contributed by atoms with Crippen molar-refractivity contribution in [2.24, 2.45) is 0 Å². The van der Waals surface area contributed by atoms with Gasteiger partial charge in [0.25, 0.3) is 5.91 Å². The Morgan fingerprint density at radius 3 is 2.20 bits per heavy atom. The van der Waals surface area contributed by atoms with Gasteiger partial charge >= 0.3 is 6.03 Å². The molecule has 20 heavy (non-hydrogen) atoms. The summed E-state index contributed by atoms with van der Waals surface area (Å²) in [4.78, 5) is 24.8. The Hall–Kier alpha value is -1.88. The topological polar surface area (TPSA) is 49.4 Å². The van der Waals surface area contributed by atoms with E-state index in [2.05, 4.69) is 5.32 Å². The number of urea groups is 1. The van der Waals surface area contributed by atoms with Crippen molar-refractivity contribution in [3.63, 3.8) is 0 Å². The molecular weight excluding hydrogens is 348 g/mol. The molecule has 1 fully saturated rings. The maximum Gasteiger partial charge on any atom is 0.329 e. The van der Waals surface area contributed by atoms with Crippen molar-refractivity contribution in [1.29, 1.82) is 0 Å². The number of anilines is 1. The first kappa shape index (κ1) is 14.5. The molecule has 1 N–H and O–H groups in total. The second-order valence-electron chi connectivity index (χ2n) is 4.27. The Kier molecular flexibility index (Phi) is 4.39. The first-order valence-electron chi connectivity index (χ1n) is 6.02. The molecular formula is C15H12AgN2O2. The summed E-state index contributed by atoms with van der Waals surface area (Å²) in [7, 11) is 0. The number of hydrogen-bond donors (Lipinski definition) is 1. The summed E-state index contributed by atoms with van der Waals surface area (Å²) in [5.74, 6) is -0.228. The summed E-state index contributed by atoms with van der Waals surface area (Å²) in [6.07, 6.45) is 0. The zero-order valence-electron chi connectivity index (χ0n) is 10.5. The number of nitrogens with zero attached hydrogens (tertiary/aromatic N) is 1. The third-order valence-electron chi connectivity index (χ3n) is 3.07. The van der Waals surface area contributed by atoms with Crippen molar-refractivity contribution in [3.05, 3.63) is 54.6 Å². The molecule has 3 amide bonds. The summed E-state index contributed by atoms with van der Waals surface area (Å²) in [6, 6.07) is 16.7. The number of carbonyl (C=O) groups is 2. The van der Waals surface area contributed by atoms with E-state index < -0.39 is 0 Å². The van der Waals surface area contributed by atoms with Gasteiger partial charge in [0.1, 0.15) is 0 Å². The summed E-state index contributed by atoms with van der Waals surface area (Å²) in [5, 5.41) is 2.53. The maximum absolute atomic E-state index is 11.8. The van der Waals surface area contributed by atoms with Crippen LogP contribution < -0.4 is 10.2 Å². The molecule has 2 aromatic carbocycles. The molecule has 1 saturated heterocycles. The van der Waals surface area contributed by atoms with E-state index in [0.717, 1.165) is 11.1 Å². The molecule has 5 heteroatoms. The van der Waals surface area contributed by atoms with E-state index in [1.165, 1.54) is 4.90 Å². The number of carbonyl (C=O) groups excluding carboxylic acids is 2. The van der Waals surface area contributed by atoms with Crippen LogP contribution in [0.5, 0.6) is 0 Å². The van der Waals surface area contributed by atoms with Gasteiger partial charge in [-0.05, 0) is 11.6 Å². The third-order valence-corrected chi connectivity index (χ3v) is 3.07. The summed E-state index contributed by atoms with van der Waals surface area (Å²) < 4.78 is 0. The zero-order valence-corrected chi connectivity index (χ0v) is 12.0. The van der Waals surface area contributed by atoms with E-state index in [1.54, 1.807) is 6.07 Å². The fraction of sp³-hybridized carbons (Fsp3) is 0.0667. The Morgan fingerprint density at radius 2 is 1.55 bits per heavy atom. The Bertz CT molecular complexity index is 627. The SMILES string of the molecule is O=C1CNC(=O)N1c1ccccc1-c1ccccc1.[Ag]. The maximum atomic E-state index is 11.8. The molecule has 1 aliphatic heterocycles. The second-order valence-corrected chi connectivity index (χ2v) is 4.27. The second kappa shape index (κ2) is 6.05. The van der Waals surface area contributed by atoms with Gasteiger partial charge in [0.15, 0.2) is 0 Å². The van der Waals surface area contributed by atoms with Gasteiger partial charge < -0.3 is 5.32 Å². The van der Waals surface area contributed by atoms with Gasteiger partial charge in [0.05, 0.1) is 12.2 Å². The van der Waals surface area contributed by atoms with Gasteiger partial charge in [-0.15, -0.1) is 0 Å². The average Bonchev–Trinajstić information content (AvgIpc) is 2.79. The molecule has 2 aromatic rings. The third kappa shape index (κ3) is 2.54. The molecule has 1 heterocycles. The van der Waals surface area contributed by atoms with E-state index in [9.17, 15) is 9.59 Å². The van der Waals surface area contributed by atoms with Crippen LogP contribution in [0.4, 0.5) is 10.5 Å². The molecule has 0 aliphatic carbocycles. The minimum Gasteiger partial charge on any atom is -0.328 e. The quantitative estimate of drug-likeness (QED) is 0.661. The first-order valence-corrected chi connectivity index (χ1v) is 6.02. The van der Waals surface area contributed by atoms with Crippen molar-refractivity contribution in [1.82, 2.24) is 5.32 Å². The van der Waals surface area contributed by atoms with Crippen LogP contribution in [0.1, 0.15) is 0 Å². The van der Waals surface area contributed by atoms with Crippen molar-refractivity contribution >= 4 is 17.6 Å². The van der Waals surface area contributed by atoms with Gasteiger partial charge in [0, 0.05) is 27.9 Å². The van der Waals surface area contributed by atoms with Crippen LogP contribution >= 0.6 is 0 Å². The van der Waals surface area contributed by atoms with E-state index >= 15 is 0 Å². The van der Waals surface area contributed by atoms with Crippen molar-refractivity contribution < 1.29 is 32.0 Å². The minimum absolute atomic E-state index is 0. The van der Waals surface area contributed by atoms with E-state index in [0.29, 0.717) is 5.69 Å². The molecule has 1 aliphatic rings. The van der Waals surface area contributed by atoms with Gasteiger partial charge in [-0.1, -0.05) is 48.5 Å². The van der Waals surface area contributed by atoms with Gasteiger partial charge in [-0.2, -0.15) is 0 Å². The molecule has 105 valence electrons.